The van der Waals surface area contributed by atoms with E-state index < -0.39 is 5.76 Å². The quantitative estimate of drug-likeness (QED) is 0.890. The van der Waals surface area contributed by atoms with Gasteiger partial charge in [-0.05, 0) is 18.2 Å². The lowest BCUT2D eigenvalue weighted by atomic mass is 10.2. The summed E-state index contributed by atoms with van der Waals surface area (Å²) in [5.74, 6) is 1.63. The van der Waals surface area contributed by atoms with Crippen molar-refractivity contribution in [3.05, 3.63) is 28.7 Å². The first-order valence-electron chi connectivity index (χ1n) is 6.84. The highest BCUT2D eigenvalue weighted by Crippen LogP contribution is 2.18. The van der Waals surface area contributed by atoms with E-state index in [1.807, 2.05) is 11.8 Å². The van der Waals surface area contributed by atoms with Crippen molar-refractivity contribution in [3.8, 4) is 0 Å². The Kier molecular flexibility index (Phi) is 4.03. The van der Waals surface area contributed by atoms with E-state index in [-0.39, 0.29) is 11.9 Å². The lowest BCUT2D eigenvalue weighted by Crippen LogP contribution is -2.39. The van der Waals surface area contributed by atoms with Crippen LogP contribution < -0.4 is 16.4 Å². The second-order valence-electron chi connectivity index (χ2n) is 5.09. The highest BCUT2D eigenvalue weighted by molar-refractivity contribution is 7.99. The molecule has 21 heavy (non-hydrogen) atoms. The van der Waals surface area contributed by atoms with Crippen molar-refractivity contribution in [2.75, 3.05) is 23.4 Å². The molecule has 0 aliphatic carbocycles. The van der Waals surface area contributed by atoms with Gasteiger partial charge in [0.15, 0.2) is 5.58 Å². The second kappa shape index (κ2) is 5.95. The predicted octanol–water partition coefficient (Wildman–Crippen LogP) is 1.17. The summed E-state index contributed by atoms with van der Waals surface area (Å²) in [7, 11) is 1.64. The fourth-order valence-electron chi connectivity index (χ4n) is 2.39. The number of rotatable bonds is 3. The van der Waals surface area contributed by atoms with Gasteiger partial charge in [0.05, 0.1) is 5.52 Å². The van der Waals surface area contributed by atoms with Crippen LogP contribution in [0, 0.1) is 0 Å². The van der Waals surface area contributed by atoms with Gasteiger partial charge in [-0.1, -0.05) is 0 Å². The van der Waals surface area contributed by atoms with Crippen molar-refractivity contribution in [3.63, 3.8) is 0 Å². The van der Waals surface area contributed by atoms with Gasteiger partial charge in [-0.3, -0.25) is 9.36 Å². The van der Waals surface area contributed by atoms with Gasteiger partial charge in [0.2, 0.25) is 5.91 Å². The monoisotopic (exact) mass is 307 g/mol. The Morgan fingerprint density at radius 2 is 2.43 bits per heavy atom. The number of hydrogen-bond donors (Lipinski definition) is 2. The van der Waals surface area contributed by atoms with Crippen LogP contribution in [-0.2, 0) is 11.8 Å². The number of nitrogens with one attached hydrogen (secondary N) is 2. The molecule has 1 aromatic carbocycles. The van der Waals surface area contributed by atoms with Gasteiger partial charge in [-0.2, -0.15) is 11.8 Å². The van der Waals surface area contributed by atoms with Crippen LogP contribution in [0.5, 0.6) is 0 Å². The van der Waals surface area contributed by atoms with E-state index >= 15 is 0 Å². The van der Waals surface area contributed by atoms with E-state index in [1.54, 1.807) is 25.2 Å². The maximum absolute atomic E-state index is 12.1. The van der Waals surface area contributed by atoms with Gasteiger partial charge in [-0.15, -0.1) is 0 Å². The third-order valence-electron chi connectivity index (χ3n) is 3.51. The minimum absolute atomic E-state index is 0.0251. The van der Waals surface area contributed by atoms with E-state index in [9.17, 15) is 9.59 Å². The predicted molar refractivity (Wildman–Crippen MR) is 83.8 cm³/mol. The molecule has 1 atom stereocenters. The molecule has 1 fully saturated rings. The third-order valence-corrected chi connectivity index (χ3v) is 4.64. The summed E-state index contributed by atoms with van der Waals surface area (Å²) < 4.78 is 6.48. The largest absolute Gasteiger partial charge is 0.419 e. The molecule has 0 bridgehead atoms. The Labute approximate surface area is 125 Å². The molecule has 0 unspecified atom stereocenters. The number of aromatic nitrogens is 1. The fraction of sp³-hybridized carbons (Fsp3) is 0.429. The molecule has 1 amide bonds. The van der Waals surface area contributed by atoms with Crippen LogP contribution in [-0.4, -0.2) is 34.6 Å². The summed E-state index contributed by atoms with van der Waals surface area (Å²) in [4.78, 5) is 23.5. The van der Waals surface area contributed by atoms with Crippen molar-refractivity contribution < 1.29 is 9.21 Å². The van der Waals surface area contributed by atoms with Crippen molar-refractivity contribution >= 4 is 34.5 Å². The molecular formula is C14H17N3O3S. The highest BCUT2D eigenvalue weighted by atomic mass is 32.2. The van der Waals surface area contributed by atoms with Crippen LogP contribution in [0.3, 0.4) is 0 Å². The normalized spacial score (nSPS) is 18.8. The number of carbonyl (C=O) groups is 1. The number of hydrogen-bond acceptors (Lipinski definition) is 5. The summed E-state index contributed by atoms with van der Waals surface area (Å²) in [5, 5.41) is 6.21. The van der Waals surface area contributed by atoms with Crippen molar-refractivity contribution in [1.29, 1.82) is 0 Å². The molecule has 0 spiro atoms. The second-order valence-corrected chi connectivity index (χ2v) is 6.24. The minimum atomic E-state index is -0.406. The number of nitrogens with zero attached hydrogens (tertiary/aromatic N) is 1. The van der Waals surface area contributed by atoms with Crippen LogP contribution in [0.4, 0.5) is 5.69 Å². The molecule has 2 N–H and O–H groups in total. The summed E-state index contributed by atoms with van der Waals surface area (Å²) in [6.07, 6.45) is 0.454. The molecule has 1 aliphatic rings. The Balaban J connectivity index is 1.70. The van der Waals surface area contributed by atoms with Gasteiger partial charge >= 0.3 is 5.76 Å². The van der Waals surface area contributed by atoms with E-state index in [0.717, 1.165) is 18.1 Å². The van der Waals surface area contributed by atoms with Crippen molar-refractivity contribution in [2.24, 2.45) is 7.05 Å². The fourth-order valence-corrected chi connectivity index (χ4v) is 3.34. The molecule has 6 nitrogen and oxygen atoms in total. The zero-order chi connectivity index (χ0) is 14.8. The van der Waals surface area contributed by atoms with Gasteiger partial charge in [0, 0.05) is 43.2 Å². The molecular weight excluding hydrogens is 290 g/mol. The number of carbonyl (C=O) groups excluding carboxylic acids is 1. The zero-order valence-electron chi connectivity index (χ0n) is 11.7. The average Bonchev–Trinajstić information content (AvgIpc) is 2.75. The smallest absolute Gasteiger partial charge is 0.408 e. The Hall–Kier alpha value is -1.73. The van der Waals surface area contributed by atoms with Crippen molar-refractivity contribution in [2.45, 2.75) is 12.5 Å². The Morgan fingerprint density at radius 1 is 1.57 bits per heavy atom. The number of fused-ring (bicyclic) bond motifs is 1. The van der Waals surface area contributed by atoms with E-state index in [4.69, 9.17) is 4.42 Å². The third kappa shape index (κ3) is 3.14. The van der Waals surface area contributed by atoms with Crippen LogP contribution >= 0.6 is 11.8 Å². The number of amides is 1. The van der Waals surface area contributed by atoms with Crippen LogP contribution in [0.1, 0.15) is 6.42 Å². The van der Waals surface area contributed by atoms with Crippen LogP contribution in [0.15, 0.2) is 27.4 Å². The van der Waals surface area contributed by atoms with Crippen LogP contribution in [0.25, 0.3) is 11.1 Å². The lowest BCUT2D eigenvalue weighted by molar-refractivity contribution is -0.116. The first-order valence-corrected chi connectivity index (χ1v) is 7.99. The molecule has 1 saturated heterocycles. The minimum Gasteiger partial charge on any atom is -0.408 e. The Morgan fingerprint density at radius 3 is 3.19 bits per heavy atom. The van der Waals surface area contributed by atoms with Crippen molar-refractivity contribution in [1.82, 2.24) is 9.88 Å². The standard InChI is InChI=1S/C14H17N3O3S/c1-17-11-6-9(2-3-12(11)20-14(17)19)16-13(18)7-10-8-21-5-4-15-10/h2-3,6,10,15H,4-5,7-8H2,1H3,(H,16,18)/t10-/m1/s1. The number of thioether (sulfide) groups is 1. The lowest BCUT2D eigenvalue weighted by Gasteiger charge is -2.22. The molecule has 2 aromatic rings. The zero-order valence-corrected chi connectivity index (χ0v) is 12.5. The van der Waals surface area contributed by atoms with Gasteiger partial charge in [0.25, 0.3) is 0 Å². The van der Waals surface area contributed by atoms with Gasteiger partial charge < -0.3 is 15.1 Å². The number of oxazole rings is 1. The molecule has 112 valence electrons. The highest BCUT2D eigenvalue weighted by Gasteiger charge is 2.17. The van der Waals surface area contributed by atoms with Crippen LogP contribution in [0.2, 0.25) is 0 Å². The first-order chi connectivity index (χ1) is 10.1. The summed E-state index contributed by atoms with van der Waals surface area (Å²) in [6, 6.07) is 5.42. The van der Waals surface area contributed by atoms with E-state index in [1.165, 1.54) is 4.57 Å². The topological polar surface area (TPSA) is 76.3 Å². The first kappa shape index (κ1) is 14.2. The summed E-state index contributed by atoms with van der Waals surface area (Å²) in [6.45, 7) is 0.950. The maximum Gasteiger partial charge on any atom is 0.419 e. The van der Waals surface area contributed by atoms with Gasteiger partial charge in [0.1, 0.15) is 0 Å². The number of anilines is 1. The summed E-state index contributed by atoms with van der Waals surface area (Å²) in [5.41, 5.74) is 1.86. The van der Waals surface area contributed by atoms with Gasteiger partial charge in [-0.25, -0.2) is 4.79 Å². The number of benzene rings is 1. The maximum atomic E-state index is 12.1. The van der Waals surface area contributed by atoms with E-state index in [0.29, 0.717) is 23.2 Å². The average molecular weight is 307 g/mol. The molecule has 2 heterocycles. The number of aryl methyl sites for hydroxylation is 1. The SMILES string of the molecule is Cn1c(=O)oc2ccc(NC(=O)C[C@@H]3CSCCN3)cc21. The molecule has 0 radical (unpaired) electrons. The Bertz CT molecular complexity index is 716. The molecule has 3 rings (SSSR count). The summed E-state index contributed by atoms with van der Waals surface area (Å²) >= 11 is 1.86. The molecule has 1 aromatic heterocycles. The van der Waals surface area contributed by atoms with E-state index in [2.05, 4.69) is 10.6 Å². The molecule has 7 heteroatoms. The molecule has 1 aliphatic heterocycles. The molecule has 0 saturated carbocycles.